The highest BCUT2D eigenvalue weighted by Gasteiger charge is 2.11. The quantitative estimate of drug-likeness (QED) is 0.356. The van der Waals surface area contributed by atoms with Gasteiger partial charge in [-0.2, -0.15) is 0 Å². The third-order valence-corrected chi connectivity index (χ3v) is 4.93. The van der Waals surface area contributed by atoms with Crippen LogP contribution in [0, 0.1) is 0 Å². The maximum Gasteiger partial charge on any atom is 0.262 e. The Labute approximate surface area is 191 Å². The Balaban J connectivity index is 1.47. The van der Waals surface area contributed by atoms with Gasteiger partial charge in [0, 0.05) is 16.2 Å². The number of amides is 1. The first-order valence-electron chi connectivity index (χ1n) is 10.1. The molecule has 0 aliphatic heterocycles. The SMILES string of the molecule is CC(C)c1cc(Br)ccc1OCC(=O)Nc1cccc(OCCOc2ccccc2)c1. The van der Waals surface area contributed by atoms with E-state index in [-0.39, 0.29) is 18.4 Å². The Kier molecular flexibility index (Phi) is 8.35. The van der Waals surface area contributed by atoms with Crippen molar-refractivity contribution in [2.75, 3.05) is 25.1 Å². The van der Waals surface area contributed by atoms with Crippen molar-refractivity contribution in [2.24, 2.45) is 0 Å². The molecule has 0 atom stereocenters. The highest BCUT2D eigenvalue weighted by Crippen LogP contribution is 2.29. The summed E-state index contributed by atoms with van der Waals surface area (Å²) < 4.78 is 18.1. The average molecular weight is 484 g/mol. The van der Waals surface area contributed by atoms with Crippen LogP contribution in [0.4, 0.5) is 5.69 Å². The van der Waals surface area contributed by atoms with Gasteiger partial charge in [-0.15, -0.1) is 0 Å². The Hall–Kier alpha value is -2.99. The van der Waals surface area contributed by atoms with Gasteiger partial charge in [-0.1, -0.05) is 54.0 Å². The lowest BCUT2D eigenvalue weighted by atomic mass is 10.0. The summed E-state index contributed by atoms with van der Waals surface area (Å²) in [6.45, 7) is 4.93. The van der Waals surface area contributed by atoms with Crippen LogP contribution in [0.15, 0.2) is 77.3 Å². The van der Waals surface area contributed by atoms with Gasteiger partial charge in [0.2, 0.25) is 0 Å². The van der Waals surface area contributed by atoms with Crippen molar-refractivity contribution in [1.82, 2.24) is 0 Å². The molecule has 0 heterocycles. The highest BCUT2D eigenvalue weighted by molar-refractivity contribution is 9.10. The maximum atomic E-state index is 12.4. The zero-order valence-electron chi connectivity index (χ0n) is 17.6. The van der Waals surface area contributed by atoms with E-state index in [4.69, 9.17) is 14.2 Å². The fourth-order valence-electron chi connectivity index (χ4n) is 2.94. The minimum atomic E-state index is -0.234. The number of para-hydroxylation sites is 1. The molecule has 0 aromatic heterocycles. The van der Waals surface area contributed by atoms with Crippen LogP contribution in [0.25, 0.3) is 0 Å². The van der Waals surface area contributed by atoms with Crippen LogP contribution < -0.4 is 19.5 Å². The topological polar surface area (TPSA) is 56.8 Å². The minimum absolute atomic E-state index is 0.0721. The fourth-order valence-corrected chi connectivity index (χ4v) is 3.32. The van der Waals surface area contributed by atoms with Gasteiger partial charge in [0.15, 0.2) is 6.61 Å². The van der Waals surface area contributed by atoms with Gasteiger partial charge in [0.25, 0.3) is 5.91 Å². The first-order valence-corrected chi connectivity index (χ1v) is 10.9. The predicted octanol–water partition coefficient (Wildman–Crippen LogP) is 6.05. The first kappa shape index (κ1) is 22.7. The fraction of sp³-hybridized carbons (Fsp3) is 0.240. The monoisotopic (exact) mass is 483 g/mol. The second-order valence-electron chi connectivity index (χ2n) is 7.21. The highest BCUT2D eigenvalue weighted by atomic mass is 79.9. The Bertz CT molecular complexity index is 992. The molecule has 0 bridgehead atoms. The summed E-state index contributed by atoms with van der Waals surface area (Å²) in [6.07, 6.45) is 0. The lowest BCUT2D eigenvalue weighted by Crippen LogP contribution is -2.20. The summed E-state index contributed by atoms with van der Waals surface area (Å²) in [4.78, 5) is 12.4. The number of ether oxygens (including phenoxy) is 3. The number of nitrogens with one attached hydrogen (secondary N) is 1. The second-order valence-corrected chi connectivity index (χ2v) is 8.13. The Morgan fingerprint density at radius 1 is 0.871 bits per heavy atom. The first-order chi connectivity index (χ1) is 15.0. The normalized spacial score (nSPS) is 10.6. The average Bonchev–Trinajstić information content (AvgIpc) is 2.77. The lowest BCUT2D eigenvalue weighted by Gasteiger charge is -2.14. The zero-order valence-corrected chi connectivity index (χ0v) is 19.2. The molecule has 0 fully saturated rings. The molecule has 0 radical (unpaired) electrons. The summed E-state index contributed by atoms with van der Waals surface area (Å²) in [6, 6.07) is 22.6. The summed E-state index contributed by atoms with van der Waals surface area (Å²) in [5.41, 5.74) is 1.70. The van der Waals surface area contributed by atoms with Crippen LogP contribution >= 0.6 is 15.9 Å². The molecule has 0 saturated heterocycles. The van der Waals surface area contributed by atoms with E-state index in [9.17, 15) is 4.79 Å². The molecule has 0 aliphatic carbocycles. The lowest BCUT2D eigenvalue weighted by molar-refractivity contribution is -0.118. The van der Waals surface area contributed by atoms with Crippen molar-refractivity contribution < 1.29 is 19.0 Å². The minimum Gasteiger partial charge on any atom is -0.490 e. The number of hydrogen-bond donors (Lipinski definition) is 1. The summed E-state index contributed by atoms with van der Waals surface area (Å²) in [7, 11) is 0. The van der Waals surface area contributed by atoms with E-state index >= 15 is 0 Å². The van der Waals surface area contributed by atoms with Crippen LogP contribution in [-0.2, 0) is 4.79 Å². The maximum absolute atomic E-state index is 12.4. The van der Waals surface area contributed by atoms with Crippen molar-refractivity contribution >= 4 is 27.5 Å². The third-order valence-electron chi connectivity index (χ3n) is 4.43. The molecule has 0 aliphatic rings. The Morgan fingerprint density at radius 3 is 2.32 bits per heavy atom. The predicted molar refractivity (Wildman–Crippen MR) is 126 cm³/mol. The third kappa shape index (κ3) is 7.33. The van der Waals surface area contributed by atoms with E-state index in [0.29, 0.717) is 30.4 Å². The van der Waals surface area contributed by atoms with Gasteiger partial charge < -0.3 is 19.5 Å². The largest absolute Gasteiger partial charge is 0.490 e. The van der Waals surface area contributed by atoms with Crippen LogP contribution in [0.5, 0.6) is 17.2 Å². The van der Waals surface area contributed by atoms with Crippen LogP contribution in [-0.4, -0.2) is 25.7 Å². The van der Waals surface area contributed by atoms with Crippen molar-refractivity contribution in [3.8, 4) is 17.2 Å². The van der Waals surface area contributed by atoms with E-state index in [1.807, 2.05) is 66.7 Å². The van der Waals surface area contributed by atoms with E-state index < -0.39 is 0 Å². The molecule has 3 aromatic rings. The molecule has 162 valence electrons. The van der Waals surface area contributed by atoms with Gasteiger partial charge in [-0.3, -0.25) is 4.79 Å². The molecule has 5 nitrogen and oxygen atoms in total. The molecule has 6 heteroatoms. The number of hydrogen-bond acceptors (Lipinski definition) is 4. The van der Waals surface area contributed by atoms with Crippen LogP contribution in [0.2, 0.25) is 0 Å². The summed E-state index contributed by atoms with van der Waals surface area (Å²) >= 11 is 3.48. The van der Waals surface area contributed by atoms with Crippen LogP contribution in [0.3, 0.4) is 0 Å². The number of carbonyl (C=O) groups excluding carboxylic acids is 1. The molecule has 31 heavy (non-hydrogen) atoms. The van der Waals surface area contributed by atoms with Crippen LogP contribution in [0.1, 0.15) is 25.3 Å². The number of halogens is 1. The van der Waals surface area contributed by atoms with Crippen molar-refractivity contribution in [2.45, 2.75) is 19.8 Å². The molecule has 1 N–H and O–H groups in total. The van der Waals surface area contributed by atoms with E-state index in [0.717, 1.165) is 15.8 Å². The molecule has 0 unspecified atom stereocenters. The van der Waals surface area contributed by atoms with Gasteiger partial charge >= 0.3 is 0 Å². The molecule has 0 saturated carbocycles. The number of anilines is 1. The van der Waals surface area contributed by atoms with E-state index in [1.165, 1.54) is 0 Å². The number of rotatable bonds is 10. The molecule has 3 aromatic carbocycles. The van der Waals surface area contributed by atoms with Crippen molar-refractivity contribution in [1.29, 1.82) is 0 Å². The smallest absolute Gasteiger partial charge is 0.262 e. The van der Waals surface area contributed by atoms with E-state index in [2.05, 4.69) is 35.1 Å². The standard InChI is InChI=1S/C25H26BrNO4/c1-18(2)23-15-19(26)11-12-24(23)31-17-25(28)27-20-7-6-10-22(16-20)30-14-13-29-21-8-4-3-5-9-21/h3-12,15-16,18H,13-14,17H2,1-2H3,(H,27,28). The van der Waals surface area contributed by atoms with Gasteiger partial charge in [-0.05, 0) is 53.9 Å². The van der Waals surface area contributed by atoms with Gasteiger partial charge in [0.1, 0.15) is 30.5 Å². The van der Waals surface area contributed by atoms with Gasteiger partial charge in [0.05, 0.1) is 0 Å². The molecular weight excluding hydrogens is 458 g/mol. The zero-order chi connectivity index (χ0) is 22.1. The van der Waals surface area contributed by atoms with Crippen molar-refractivity contribution in [3.63, 3.8) is 0 Å². The number of carbonyl (C=O) groups is 1. The second kappa shape index (κ2) is 11.4. The van der Waals surface area contributed by atoms with Crippen molar-refractivity contribution in [3.05, 3.63) is 82.8 Å². The van der Waals surface area contributed by atoms with E-state index in [1.54, 1.807) is 6.07 Å². The molecule has 0 spiro atoms. The summed E-state index contributed by atoms with van der Waals surface area (Å²) in [5, 5.41) is 2.84. The molecule has 3 rings (SSSR count). The number of benzene rings is 3. The van der Waals surface area contributed by atoms with Gasteiger partial charge in [-0.25, -0.2) is 0 Å². The molecular formula is C25H26BrNO4. The Morgan fingerprint density at radius 2 is 1.58 bits per heavy atom. The summed E-state index contributed by atoms with van der Waals surface area (Å²) in [5.74, 6) is 2.23. The molecule has 1 amide bonds.